The smallest absolute Gasteiger partial charge is 0.337 e. The third-order valence-corrected chi connectivity index (χ3v) is 4.13. The van der Waals surface area contributed by atoms with E-state index in [0.717, 1.165) is 0 Å². The van der Waals surface area contributed by atoms with Gasteiger partial charge in [-0.15, -0.1) is 0 Å². The van der Waals surface area contributed by atoms with Crippen LogP contribution in [0.1, 0.15) is 10.4 Å². The van der Waals surface area contributed by atoms with Crippen molar-refractivity contribution in [1.82, 2.24) is 9.55 Å². The summed E-state index contributed by atoms with van der Waals surface area (Å²) in [4.78, 5) is 28.2. The number of aliphatic hydroxyl groups is 1. The molecule has 0 aliphatic heterocycles. The van der Waals surface area contributed by atoms with Gasteiger partial charge in [-0.3, -0.25) is 9.36 Å². The summed E-state index contributed by atoms with van der Waals surface area (Å²) >= 11 is 5.93. The van der Waals surface area contributed by atoms with Gasteiger partial charge in [0.25, 0.3) is 5.56 Å². The van der Waals surface area contributed by atoms with E-state index in [1.54, 1.807) is 36.4 Å². The van der Waals surface area contributed by atoms with E-state index in [9.17, 15) is 14.7 Å². The zero-order chi connectivity index (χ0) is 19.4. The Morgan fingerprint density at radius 3 is 2.89 bits per heavy atom. The van der Waals surface area contributed by atoms with Gasteiger partial charge < -0.3 is 14.6 Å². The number of aliphatic hydroxyl groups excluding tert-OH is 1. The fraction of sp³-hybridized carbons (Fsp3) is 0.211. The Morgan fingerprint density at radius 1 is 1.30 bits per heavy atom. The summed E-state index contributed by atoms with van der Waals surface area (Å²) in [7, 11) is 1.29. The molecule has 2 aromatic carbocycles. The van der Waals surface area contributed by atoms with Gasteiger partial charge >= 0.3 is 5.97 Å². The Labute approximate surface area is 159 Å². The Bertz CT molecular complexity index is 1030. The molecule has 0 aliphatic carbocycles. The normalized spacial score (nSPS) is 12.0. The number of aromatic nitrogens is 2. The van der Waals surface area contributed by atoms with Crippen LogP contribution in [-0.2, 0) is 11.3 Å². The van der Waals surface area contributed by atoms with E-state index in [2.05, 4.69) is 9.72 Å². The quantitative estimate of drug-likeness (QED) is 0.651. The number of hydrogen-bond donors (Lipinski definition) is 1. The minimum atomic E-state index is -0.956. The fourth-order valence-corrected chi connectivity index (χ4v) is 2.74. The third kappa shape index (κ3) is 4.45. The van der Waals surface area contributed by atoms with E-state index in [1.165, 1.54) is 24.1 Å². The number of benzene rings is 2. The van der Waals surface area contributed by atoms with Gasteiger partial charge in [0.2, 0.25) is 0 Å². The molecule has 0 radical (unpaired) electrons. The number of nitrogens with zero attached hydrogens (tertiary/aromatic N) is 2. The first kappa shape index (κ1) is 18.9. The molecule has 8 heteroatoms. The summed E-state index contributed by atoms with van der Waals surface area (Å²) in [6.45, 7) is -0.0599. The first-order valence-corrected chi connectivity index (χ1v) is 8.49. The molecule has 1 heterocycles. The summed E-state index contributed by atoms with van der Waals surface area (Å²) in [5.41, 5.74) is 0.580. The first-order valence-electron chi connectivity index (χ1n) is 8.12. The summed E-state index contributed by atoms with van der Waals surface area (Å²) in [6, 6.07) is 11.3. The van der Waals surface area contributed by atoms with Crippen LogP contribution in [0.25, 0.3) is 10.9 Å². The second kappa shape index (κ2) is 8.20. The average Bonchev–Trinajstić information content (AvgIpc) is 2.68. The average molecular weight is 389 g/mol. The van der Waals surface area contributed by atoms with Crippen LogP contribution in [-0.4, -0.2) is 40.4 Å². The van der Waals surface area contributed by atoms with Gasteiger partial charge in [-0.1, -0.05) is 17.7 Å². The molecule has 0 amide bonds. The summed E-state index contributed by atoms with van der Waals surface area (Å²) in [5, 5.41) is 11.0. The fourth-order valence-electron chi connectivity index (χ4n) is 2.56. The third-order valence-electron chi connectivity index (χ3n) is 3.89. The van der Waals surface area contributed by atoms with E-state index in [1.807, 2.05) is 0 Å². The minimum absolute atomic E-state index is 0.00494. The van der Waals surface area contributed by atoms with Gasteiger partial charge in [0.1, 0.15) is 18.5 Å². The molecule has 0 fully saturated rings. The molecule has 1 atom stereocenters. The lowest BCUT2D eigenvalue weighted by Gasteiger charge is -2.14. The van der Waals surface area contributed by atoms with Gasteiger partial charge in [0.05, 0.1) is 36.4 Å². The highest BCUT2D eigenvalue weighted by molar-refractivity contribution is 6.31. The molecule has 3 aromatic rings. The molecule has 1 N–H and O–H groups in total. The topological polar surface area (TPSA) is 90.7 Å². The zero-order valence-electron chi connectivity index (χ0n) is 14.5. The summed E-state index contributed by atoms with van der Waals surface area (Å²) < 4.78 is 11.5. The summed E-state index contributed by atoms with van der Waals surface area (Å²) in [6.07, 6.45) is 0.419. The van der Waals surface area contributed by atoms with Gasteiger partial charge in [0.15, 0.2) is 0 Å². The monoisotopic (exact) mass is 388 g/mol. The Kier molecular flexibility index (Phi) is 5.73. The number of halogens is 1. The van der Waals surface area contributed by atoms with Crippen LogP contribution in [0.15, 0.2) is 53.6 Å². The van der Waals surface area contributed by atoms with Crippen molar-refractivity contribution in [3.63, 3.8) is 0 Å². The van der Waals surface area contributed by atoms with Gasteiger partial charge in [-0.2, -0.15) is 0 Å². The molecule has 7 nitrogen and oxygen atoms in total. The maximum Gasteiger partial charge on any atom is 0.337 e. The first-order chi connectivity index (χ1) is 13.0. The highest BCUT2D eigenvalue weighted by Gasteiger charge is 2.12. The van der Waals surface area contributed by atoms with Crippen LogP contribution in [0, 0.1) is 0 Å². The molecule has 140 valence electrons. The predicted octanol–water partition coefficient (Wildman–Crippen LogP) is 2.28. The lowest BCUT2D eigenvalue weighted by molar-refractivity contribution is 0.0599. The van der Waals surface area contributed by atoms with Crippen molar-refractivity contribution in [2.24, 2.45) is 0 Å². The van der Waals surface area contributed by atoms with Crippen molar-refractivity contribution >= 4 is 28.5 Å². The number of methoxy groups -OCH3 is 1. The number of carbonyl (C=O) groups excluding carboxylic acids is 1. The SMILES string of the molecule is COC(=O)c1cccc(OCC(O)Cn2cnc3ccc(Cl)cc3c2=O)c1. The summed E-state index contributed by atoms with van der Waals surface area (Å²) in [5.74, 6) is -0.0684. The zero-order valence-corrected chi connectivity index (χ0v) is 15.2. The second-order valence-corrected chi connectivity index (χ2v) is 6.28. The Morgan fingerprint density at radius 2 is 2.11 bits per heavy atom. The Hall–Kier alpha value is -2.90. The maximum absolute atomic E-state index is 12.5. The molecule has 0 saturated heterocycles. The highest BCUT2D eigenvalue weighted by atomic mass is 35.5. The number of rotatable bonds is 6. The maximum atomic E-state index is 12.5. The molecule has 1 unspecified atom stereocenters. The van der Waals surface area contributed by atoms with Crippen molar-refractivity contribution in [2.45, 2.75) is 12.6 Å². The van der Waals surface area contributed by atoms with Crippen LogP contribution in [0.3, 0.4) is 0 Å². The van der Waals surface area contributed by atoms with Crippen LogP contribution in [0.4, 0.5) is 0 Å². The van der Waals surface area contributed by atoms with E-state index in [0.29, 0.717) is 27.2 Å². The van der Waals surface area contributed by atoms with Crippen molar-refractivity contribution < 1.29 is 19.4 Å². The largest absolute Gasteiger partial charge is 0.491 e. The van der Waals surface area contributed by atoms with Crippen LogP contribution in [0.5, 0.6) is 5.75 Å². The molecule has 27 heavy (non-hydrogen) atoms. The number of carbonyl (C=O) groups is 1. The van der Waals surface area contributed by atoms with Gasteiger partial charge in [-0.05, 0) is 36.4 Å². The molecule has 1 aromatic heterocycles. The molecule has 0 saturated carbocycles. The van der Waals surface area contributed by atoms with E-state index < -0.39 is 12.1 Å². The van der Waals surface area contributed by atoms with Crippen LogP contribution in [0.2, 0.25) is 5.02 Å². The number of ether oxygens (including phenoxy) is 2. The van der Waals surface area contributed by atoms with Crippen LogP contribution < -0.4 is 10.3 Å². The minimum Gasteiger partial charge on any atom is -0.491 e. The number of hydrogen-bond acceptors (Lipinski definition) is 6. The van der Waals surface area contributed by atoms with Crippen molar-refractivity contribution in [1.29, 1.82) is 0 Å². The van der Waals surface area contributed by atoms with Gasteiger partial charge in [-0.25, -0.2) is 9.78 Å². The molecule has 0 aliphatic rings. The highest BCUT2D eigenvalue weighted by Crippen LogP contribution is 2.15. The predicted molar refractivity (Wildman–Crippen MR) is 100 cm³/mol. The van der Waals surface area contributed by atoms with Crippen LogP contribution >= 0.6 is 11.6 Å². The number of fused-ring (bicyclic) bond motifs is 1. The molecule has 0 bridgehead atoms. The number of esters is 1. The van der Waals surface area contributed by atoms with Crippen molar-refractivity contribution in [2.75, 3.05) is 13.7 Å². The van der Waals surface area contributed by atoms with E-state index in [-0.39, 0.29) is 18.7 Å². The lowest BCUT2D eigenvalue weighted by atomic mass is 10.2. The Balaban J connectivity index is 1.69. The van der Waals surface area contributed by atoms with Crippen molar-refractivity contribution in [3.8, 4) is 5.75 Å². The van der Waals surface area contributed by atoms with E-state index in [4.69, 9.17) is 16.3 Å². The van der Waals surface area contributed by atoms with E-state index >= 15 is 0 Å². The van der Waals surface area contributed by atoms with Gasteiger partial charge in [0, 0.05) is 5.02 Å². The second-order valence-electron chi connectivity index (χ2n) is 5.85. The molecule has 3 rings (SSSR count). The molecular weight excluding hydrogens is 372 g/mol. The molecule has 0 spiro atoms. The lowest BCUT2D eigenvalue weighted by Crippen LogP contribution is -2.30. The molecular formula is C19H17ClN2O5. The standard InChI is InChI=1S/C19H17ClN2O5/c1-26-19(25)12-3-2-4-15(7-12)27-10-14(23)9-22-11-21-17-6-5-13(20)8-16(17)18(22)24/h2-8,11,14,23H,9-10H2,1H3. The van der Waals surface area contributed by atoms with Crippen molar-refractivity contribution in [3.05, 3.63) is 69.7 Å².